The molecule has 2 aromatic rings. The summed E-state index contributed by atoms with van der Waals surface area (Å²) in [6.45, 7) is 1.92. The lowest BCUT2D eigenvalue weighted by atomic mass is 10.2. The number of carboxylic acid groups (broad SMARTS) is 1. The molecule has 0 atom stereocenters. The molecule has 1 aromatic heterocycles. The van der Waals surface area contributed by atoms with Gasteiger partial charge in [0.2, 0.25) is 0 Å². The number of amides is 1. The molecule has 1 heterocycles. The van der Waals surface area contributed by atoms with Crippen LogP contribution in [0.5, 0.6) is 0 Å². The van der Waals surface area contributed by atoms with Gasteiger partial charge in [-0.15, -0.1) is 11.3 Å². The van der Waals surface area contributed by atoms with Crippen molar-refractivity contribution in [1.82, 2.24) is 0 Å². The number of hydrogen-bond acceptors (Lipinski definition) is 3. The van der Waals surface area contributed by atoms with E-state index >= 15 is 0 Å². The topological polar surface area (TPSA) is 66.4 Å². The first kappa shape index (κ1) is 15.8. The van der Waals surface area contributed by atoms with Crippen molar-refractivity contribution >= 4 is 51.4 Å². The van der Waals surface area contributed by atoms with Crippen LogP contribution in [0.1, 0.15) is 32.5 Å². The highest BCUT2D eigenvalue weighted by molar-refractivity contribution is 7.16. The number of hydrogen-bond donors (Lipinski definition) is 2. The molecule has 0 fully saturated rings. The molecule has 0 aliphatic heterocycles. The van der Waals surface area contributed by atoms with Crippen LogP contribution in [0.2, 0.25) is 10.0 Å². The predicted molar refractivity (Wildman–Crippen MR) is 85.1 cm³/mol. The van der Waals surface area contributed by atoms with Crippen LogP contribution in [0.4, 0.5) is 5.00 Å². The van der Waals surface area contributed by atoms with E-state index in [4.69, 9.17) is 28.3 Å². The highest BCUT2D eigenvalue weighted by Crippen LogP contribution is 2.29. The van der Waals surface area contributed by atoms with Crippen molar-refractivity contribution in [2.24, 2.45) is 0 Å². The molecule has 0 unspecified atom stereocenters. The molecule has 0 saturated heterocycles. The minimum Gasteiger partial charge on any atom is -0.478 e. The van der Waals surface area contributed by atoms with Crippen molar-refractivity contribution in [2.75, 3.05) is 5.32 Å². The lowest BCUT2D eigenvalue weighted by molar-refractivity contribution is 0.0698. The third-order valence-corrected chi connectivity index (χ3v) is 4.70. The number of carbonyl (C=O) groups is 2. The van der Waals surface area contributed by atoms with Gasteiger partial charge >= 0.3 is 5.97 Å². The molecule has 2 N–H and O–H groups in total. The number of aryl methyl sites for hydroxylation is 1. The zero-order valence-corrected chi connectivity index (χ0v) is 13.3. The van der Waals surface area contributed by atoms with Gasteiger partial charge in [-0.2, -0.15) is 0 Å². The molecule has 110 valence electrons. The normalized spacial score (nSPS) is 10.4. The first-order chi connectivity index (χ1) is 9.92. The number of carbonyl (C=O) groups excluding carboxylic acids is 1. The molecule has 0 spiro atoms. The van der Waals surface area contributed by atoms with Crippen LogP contribution in [0.15, 0.2) is 24.3 Å². The van der Waals surface area contributed by atoms with Crippen molar-refractivity contribution in [1.29, 1.82) is 0 Å². The summed E-state index contributed by atoms with van der Waals surface area (Å²) in [4.78, 5) is 24.2. The van der Waals surface area contributed by atoms with Gasteiger partial charge in [-0.1, -0.05) is 30.1 Å². The highest BCUT2D eigenvalue weighted by Gasteiger charge is 2.17. The lowest BCUT2D eigenvalue weighted by Gasteiger charge is -2.05. The van der Waals surface area contributed by atoms with Gasteiger partial charge in [-0.05, 0) is 30.7 Å². The molecule has 2 rings (SSSR count). The minimum absolute atomic E-state index is 0.0882. The number of benzene rings is 1. The van der Waals surface area contributed by atoms with Crippen LogP contribution < -0.4 is 5.32 Å². The van der Waals surface area contributed by atoms with Crippen LogP contribution in [0.25, 0.3) is 0 Å². The maximum Gasteiger partial charge on any atom is 0.338 e. The predicted octanol–water partition coefficient (Wildman–Crippen LogP) is 4.57. The summed E-state index contributed by atoms with van der Waals surface area (Å²) < 4.78 is 0. The van der Waals surface area contributed by atoms with Crippen LogP contribution >= 0.6 is 34.5 Å². The van der Waals surface area contributed by atoms with E-state index in [1.807, 2.05) is 6.92 Å². The van der Waals surface area contributed by atoms with Gasteiger partial charge in [0, 0.05) is 10.4 Å². The zero-order chi connectivity index (χ0) is 15.6. The number of anilines is 1. The Hall–Kier alpha value is -1.56. The van der Waals surface area contributed by atoms with Crippen LogP contribution in [-0.4, -0.2) is 17.0 Å². The summed E-state index contributed by atoms with van der Waals surface area (Å²) in [6, 6.07) is 6.05. The number of rotatable bonds is 4. The van der Waals surface area contributed by atoms with E-state index < -0.39 is 11.9 Å². The fourth-order valence-electron chi connectivity index (χ4n) is 1.68. The smallest absolute Gasteiger partial charge is 0.338 e. The molecule has 0 radical (unpaired) electrons. The third-order valence-electron chi connectivity index (χ3n) is 2.77. The van der Waals surface area contributed by atoms with Crippen molar-refractivity contribution < 1.29 is 14.7 Å². The molecule has 0 aliphatic rings. The van der Waals surface area contributed by atoms with Gasteiger partial charge in [0.15, 0.2) is 0 Å². The summed E-state index contributed by atoms with van der Waals surface area (Å²) >= 11 is 12.9. The van der Waals surface area contributed by atoms with Crippen molar-refractivity contribution in [2.45, 2.75) is 13.3 Å². The maximum atomic E-state index is 12.2. The van der Waals surface area contributed by atoms with Gasteiger partial charge in [-0.3, -0.25) is 4.79 Å². The second-order valence-electron chi connectivity index (χ2n) is 4.20. The fourth-order valence-corrected chi connectivity index (χ4v) is 2.96. The summed E-state index contributed by atoms with van der Waals surface area (Å²) in [5.74, 6) is -1.50. The summed E-state index contributed by atoms with van der Waals surface area (Å²) in [7, 11) is 0. The van der Waals surface area contributed by atoms with E-state index in [9.17, 15) is 9.59 Å². The molecule has 21 heavy (non-hydrogen) atoms. The first-order valence-electron chi connectivity index (χ1n) is 6.04. The molecular weight excluding hydrogens is 333 g/mol. The molecule has 7 heteroatoms. The Balaban J connectivity index is 2.28. The second-order valence-corrected chi connectivity index (χ2v) is 6.15. The Bertz CT molecular complexity index is 712. The average molecular weight is 344 g/mol. The Labute approximate surface area is 135 Å². The summed E-state index contributed by atoms with van der Waals surface area (Å²) in [5, 5.41) is 12.7. The van der Waals surface area contributed by atoms with Crippen LogP contribution in [-0.2, 0) is 6.42 Å². The van der Waals surface area contributed by atoms with Crippen molar-refractivity contribution in [3.8, 4) is 0 Å². The van der Waals surface area contributed by atoms with Gasteiger partial charge in [-0.25, -0.2) is 4.79 Å². The Morgan fingerprint density at radius 1 is 1.24 bits per heavy atom. The van der Waals surface area contributed by atoms with E-state index in [2.05, 4.69) is 5.32 Å². The summed E-state index contributed by atoms with van der Waals surface area (Å²) in [6.07, 6.45) is 0.702. The van der Waals surface area contributed by atoms with E-state index in [1.54, 1.807) is 6.07 Å². The highest BCUT2D eigenvalue weighted by atomic mass is 35.5. The standard InChI is InChI=1S/C14H11Cl2NO3S/c1-2-8-6-9(14(19)20)13(21-8)17-12(18)7-3-4-10(15)11(16)5-7/h3-6H,2H2,1H3,(H,17,18)(H,19,20). The maximum absolute atomic E-state index is 12.2. The summed E-state index contributed by atoms with van der Waals surface area (Å²) in [5.41, 5.74) is 0.400. The number of carboxylic acids is 1. The fraction of sp³-hybridized carbons (Fsp3) is 0.143. The van der Waals surface area contributed by atoms with E-state index in [1.165, 1.54) is 29.5 Å². The van der Waals surface area contributed by atoms with Crippen LogP contribution in [0.3, 0.4) is 0 Å². The Morgan fingerprint density at radius 3 is 2.52 bits per heavy atom. The molecule has 0 saturated carbocycles. The first-order valence-corrected chi connectivity index (χ1v) is 7.62. The van der Waals surface area contributed by atoms with Crippen LogP contribution in [0, 0.1) is 0 Å². The van der Waals surface area contributed by atoms with E-state index in [0.29, 0.717) is 22.0 Å². The van der Waals surface area contributed by atoms with Gasteiger partial charge in [0.1, 0.15) is 5.00 Å². The van der Waals surface area contributed by atoms with Crippen molar-refractivity contribution in [3.63, 3.8) is 0 Å². The third kappa shape index (κ3) is 3.56. The second kappa shape index (κ2) is 6.47. The quantitative estimate of drug-likeness (QED) is 0.854. The number of nitrogens with one attached hydrogen (secondary N) is 1. The van der Waals surface area contributed by atoms with Crippen molar-refractivity contribution in [3.05, 3.63) is 50.3 Å². The lowest BCUT2D eigenvalue weighted by Crippen LogP contribution is -2.13. The SMILES string of the molecule is CCc1cc(C(=O)O)c(NC(=O)c2ccc(Cl)c(Cl)c2)s1. The zero-order valence-electron chi connectivity index (χ0n) is 10.9. The number of thiophene rings is 1. The number of halogens is 2. The van der Waals surface area contributed by atoms with Gasteiger partial charge in [0.25, 0.3) is 5.91 Å². The molecular formula is C14H11Cl2NO3S. The molecule has 1 aromatic carbocycles. The largest absolute Gasteiger partial charge is 0.478 e. The minimum atomic E-state index is -1.07. The molecule has 0 aliphatic carbocycles. The van der Waals surface area contributed by atoms with E-state index in [-0.39, 0.29) is 10.6 Å². The van der Waals surface area contributed by atoms with Gasteiger partial charge < -0.3 is 10.4 Å². The number of aromatic carboxylic acids is 1. The Morgan fingerprint density at radius 2 is 1.95 bits per heavy atom. The molecule has 0 bridgehead atoms. The molecule has 4 nitrogen and oxygen atoms in total. The molecule has 1 amide bonds. The van der Waals surface area contributed by atoms with E-state index in [0.717, 1.165) is 4.88 Å². The van der Waals surface area contributed by atoms with Gasteiger partial charge in [0.05, 0.1) is 15.6 Å². The monoisotopic (exact) mass is 343 g/mol. The average Bonchev–Trinajstić information content (AvgIpc) is 2.85. The Kier molecular flexibility index (Phi) is 4.88.